The molecule has 1 heterocycles. The summed E-state index contributed by atoms with van der Waals surface area (Å²) in [5.41, 5.74) is 1.65. The maximum absolute atomic E-state index is 12.4. The van der Waals surface area contributed by atoms with Gasteiger partial charge >= 0.3 is 0 Å². The first-order chi connectivity index (χ1) is 9.63. The normalized spacial score (nSPS) is 19.0. The number of ketones is 1. The van der Waals surface area contributed by atoms with Crippen molar-refractivity contribution in [3.8, 4) is 0 Å². The zero-order chi connectivity index (χ0) is 14.1. The Kier molecular flexibility index (Phi) is 3.26. The topological polar surface area (TPSA) is 75.3 Å². The molecule has 2 amide bonds. The molecular weight excluding hydrogens is 256 g/mol. The summed E-state index contributed by atoms with van der Waals surface area (Å²) in [6.07, 6.45) is 3.90. The number of Topliss-reactive ketones (excluding diaryl/α,β-unsaturated/α-hetero) is 1. The molecule has 1 saturated carbocycles. The Hall–Kier alpha value is -2.17. The Labute approximate surface area is 116 Å². The number of amides is 2. The van der Waals surface area contributed by atoms with Crippen molar-refractivity contribution in [1.29, 1.82) is 0 Å². The van der Waals surface area contributed by atoms with Gasteiger partial charge in [0.2, 0.25) is 11.8 Å². The molecule has 1 aromatic rings. The van der Waals surface area contributed by atoms with Crippen molar-refractivity contribution >= 4 is 29.0 Å². The molecule has 0 radical (unpaired) electrons. The van der Waals surface area contributed by atoms with Crippen LogP contribution in [0.25, 0.3) is 0 Å². The van der Waals surface area contributed by atoms with Crippen molar-refractivity contribution in [1.82, 2.24) is 0 Å². The van der Waals surface area contributed by atoms with Crippen LogP contribution >= 0.6 is 0 Å². The number of carbonyl (C=O) groups excluding carboxylic acids is 3. The van der Waals surface area contributed by atoms with E-state index in [1.54, 1.807) is 18.2 Å². The molecule has 3 rings (SSSR count). The van der Waals surface area contributed by atoms with E-state index in [2.05, 4.69) is 10.6 Å². The van der Waals surface area contributed by atoms with Gasteiger partial charge in [0.15, 0.2) is 5.78 Å². The van der Waals surface area contributed by atoms with Gasteiger partial charge in [-0.2, -0.15) is 0 Å². The third kappa shape index (κ3) is 2.43. The SMILES string of the molecule is O=C1CC(=O)Nc2cc(C(=O)C3CCCC3)ccc2N1. The summed E-state index contributed by atoms with van der Waals surface area (Å²) in [6, 6.07) is 5.07. The minimum absolute atomic E-state index is 0.101. The largest absolute Gasteiger partial charge is 0.324 e. The van der Waals surface area contributed by atoms with Crippen molar-refractivity contribution in [2.75, 3.05) is 10.6 Å². The van der Waals surface area contributed by atoms with Gasteiger partial charge in [0.05, 0.1) is 11.4 Å². The number of benzene rings is 1. The van der Waals surface area contributed by atoms with E-state index in [0.29, 0.717) is 16.9 Å². The predicted molar refractivity (Wildman–Crippen MR) is 74.6 cm³/mol. The second-order valence-corrected chi connectivity index (χ2v) is 5.38. The molecule has 0 saturated heterocycles. The summed E-state index contributed by atoms with van der Waals surface area (Å²) in [4.78, 5) is 35.3. The van der Waals surface area contributed by atoms with Crippen LogP contribution in [0.15, 0.2) is 18.2 Å². The van der Waals surface area contributed by atoms with Gasteiger partial charge in [-0.3, -0.25) is 14.4 Å². The number of fused-ring (bicyclic) bond motifs is 1. The molecular formula is C15H16N2O3. The molecule has 5 nitrogen and oxygen atoms in total. The lowest BCUT2D eigenvalue weighted by molar-refractivity contribution is -0.123. The standard InChI is InChI=1S/C15H16N2O3/c18-13-8-14(19)17-12-7-10(5-6-11(12)16-13)15(20)9-3-1-2-4-9/h5-7,9H,1-4,8H2,(H,16,18)(H,17,19). The van der Waals surface area contributed by atoms with E-state index < -0.39 is 0 Å². The third-order valence-electron chi connectivity index (χ3n) is 3.90. The van der Waals surface area contributed by atoms with Crippen LogP contribution in [0.4, 0.5) is 11.4 Å². The van der Waals surface area contributed by atoms with E-state index in [4.69, 9.17) is 0 Å². The molecule has 0 aromatic heterocycles. The highest BCUT2D eigenvalue weighted by Crippen LogP contribution is 2.31. The third-order valence-corrected chi connectivity index (χ3v) is 3.90. The van der Waals surface area contributed by atoms with Gasteiger partial charge < -0.3 is 10.6 Å². The van der Waals surface area contributed by atoms with Crippen molar-refractivity contribution in [3.63, 3.8) is 0 Å². The maximum atomic E-state index is 12.4. The number of nitrogens with one attached hydrogen (secondary N) is 2. The van der Waals surface area contributed by atoms with E-state index in [9.17, 15) is 14.4 Å². The smallest absolute Gasteiger partial charge is 0.233 e. The summed E-state index contributed by atoms with van der Waals surface area (Å²) in [6.45, 7) is 0. The summed E-state index contributed by atoms with van der Waals surface area (Å²) < 4.78 is 0. The number of rotatable bonds is 2. The van der Waals surface area contributed by atoms with Crippen LogP contribution in [-0.2, 0) is 9.59 Å². The van der Waals surface area contributed by atoms with Crippen LogP contribution in [0, 0.1) is 5.92 Å². The van der Waals surface area contributed by atoms with E-state index in [1.807, 2.05) is 0 Å². The van der Waals surface area contributed by atoms with E-state index in [0.717, 1.165) is 25.7 Å². The van der Waals surface area contributed by atoms with Crippen molar-refractivity contribution in [2.24, 2.45) is 5.92 Å². The Balaban J connectivity index is 1.90. The predicted octanol–water partition coefficient (Wildman–Crippen LogP) is 2.34. The van der Waals surface area contributed by atoms with Crippen molar-refractivity contribution < 1.29 is 14.4 Å². The first kappa shape index (κ1) is 12.8. The molecule has 2 N–H and O–H groups in total. The number of hydrogen-bond acceptors (Lipinski definition) is 3. The number of carbonyl (C=O) groups is 3. The van der Waals surface area contributed by atoms with Crippen LogP contribution in [-0.4, -0.2) is 17.6 Å². The lowest BCUT2D eigenvalue weighted by atomic mass is 9.95. The second kappa shape index (κ2) is 5.07. The highest BCUT2D eigenvalue weighted by molar-refractivity contribution is 6.14. The minimum Gasteiger partial charge on any atom is -0.324 e. The Bertz CT molecular complexity index is 589. The molecule has 104 valence electrons. The monoisotopic (exact) mass is 272 g/mol. The molecule has 0 bridgehead atoms. The molecule has 2 aliphatic rings. The van der Waals surface area contributed by atoms with Gasteiger partial charge in [0.25, 0.3) is 0 Å². The molecule has 20 heavy (non-hydrogen) atoms. The highest BCUT2D eigenvalue weighted by Gasteiger charge is 2.25. The second-order valence-electron chi connectivity index (χ2n) is 5.38. The molecule has 1 aromatic carbocycles. The van der Waals surface area contributed by atoms with Crippen LogP contribution in [0.2, 0.25) is 0 Å². The first-order valence-electron chi connectivity index (χ1n) is 6.91. The van der Waals surface area contributed by atoms with Crippen LogP contribution in [0.3, 0.4) is 0 Å². The summed E-state index contributed by atoms with van der Waals surface area (Å²) in [7, 11) is 0. The molecule has 1 aliphatic carbocycles. The minimum atomic E-state index is -0.355. The molecule has 5 heteroatoms. The van der Waals surface area contributed by atoms with E-state index in [1.165, 1.54) is 0 Å². The van der Waals surface area contributed by atoms with Gasteiger partial charge in [-0.1, -0.05) is 12.8 Å². The average Bonchev–Trinajstić information content (AvgIpc) is 2.88. The maximum Gasteiger partial charge on any atom is 0.233 e. The van der Waals surface area contributed by atoms with E-state index in [-0.39, 0.29) is 29.9 Å². The van der Waals surface area contributed by atoms with Crippen LogP contribution in [0.5, 0.6) is 0 Å². The molecule has 1 fully saturated rings. The zero-order valence-electron chi connectivity index (χ0n) is 11.1. The molecule has 0 atom stereocenters. The zero-order valence-corrected chi connectivity index (χ0v) is 11.1. The lowest BCUT2D eigenvalue weighted by Gasteiger charge is -2.12. The van der Waals surface area contributed by atoms with Gasteiger partial charge in [0, 0.05) is 11.5 Å². The van der Waals surface area contributed by atoms with Gasteiger partial charge in [-0.05, 0) is 31.0 Å². The summed E-state index contributed by atoms with van der Waals surface area (Å²) in [5, 5.41) is 5.32. The fraction of sp³-hybridized carbons (Fsp3) is 0.400. The van der Waals surface area contributed by atoms with Crippen molar-refractivity contribution in [3.05, 3.63) is 23.8 Å². The number of hydrogen-bond donors (Lipinski definition) is 2. The highest BCUT2D eigenvalue weighted by atomic mass is 16.2. The molecule has 0 spiro atoms. The van der Waals surface area contributed by atoms with Gasteiger partial charge in [-0.15, -0.1) is 0 Å². The van der Waals surface area contributed by atoms with Gasteiger partial charge in [-0.25, -0.2) is 0 Å². The Morgan fingerprint density at radius 2 is 1.65 bits per heavy atom. The fourth-order valence-corrected chi connectivity index (χ4v) is 2.87. The Morgan fingerprint density at radius 1 is 1.00 bits per heavy atom. The number of anilines is 2. The molecule has 0 unspecified atom stereocenters. The quantitative estimate of drug-likeness (QED) is 0.641. The Morgan fingerprint density at radius 3 is 2.35 bits per heavy atom. The van der Waals surface area contributed by atoms with Crippen LogP contribution < -0.4 is 10.6 Å². The van der Waals surface area contributed by atoms with Crippen LogP contribution in [0.1, 0.15) is 42.5 Å². The van der Waals surface area contributed by atoms with Crippen molar-refractivity contribution in [2.45, 2.75) is 32.1 Å². The fourth-order valence-electron chi connectivity index (χ4n) is 2.87. The summed E-state index contributed by atoms with van der Waals surface area (Å²) in [5.74, 6) is -0.456. The average molecular weight is 272 g/mol. The first-order valence-corrected chi connectivity index (χ1v) is 6.91. The molecule has 1 aliphatic heterocycles. The summed E-state index contributed by atoms with van der Waals surface area (Å²) >= 11 is 0. The van der Waals surface area contributed by atoms with Gasteiger partial charge in [0.1, 0.15) is 6.42 Å². The lowest BCUT2D eigenvalue weighted by Crippen LogP contribution is -2.16. The van der Waals surface area contributed by atoms with E-state index >= 15 is 0 Å².